The lowest BCUT2D eigenvalue weighted by Gasteiger charge is -2.08. The number of carbonyl (C=O) groups is 2. The average molecular weight is 672 g/mol. The molecule has 0 aliphatic heterocycles. The van der Waals surface area contributed by atoms with Crippen molar-refractivity contribution in [3.05, 3.63) is 137 Å². The Labute approximate surface area is 258 Å². The smallest absolute Gasteiger partial charge is 0.244 e. The molecule has 0 radical (unpaired) electrons. The molecule has 0 unspecified atom stereocenters. The fraction of sp³-hybridized carbons (Fsp3) is 0.0588. The molecule has 0 bridgehead atoms. The van der Waals surface area contributed by atoms with Gasteiger partial charge in [-0.25, -0.2) is 9.69 Å². The lowest BCUT2D eigenvalue weighted by atomic mass is 9.92. The molecule has 4 aromatic carbocycles. The van der Waals surface area contributed by atoms with Crippen molar-refractivity contribution in [2.24, 2.45) is 0 Å². The van der Waals surface area contributed by atoms with Gasteiger partial charge in [-0.05, 0) is 68.8 Å². The molecular weight excluding hydrogens is 656 g/mol. The molecule has 7 rings (SSSR count). The molecule has 0 atom stereocenters. The molecule has 0 amide bonds. The summed E-state index contributed by atoms with van der Waals surface area (Å²) in [5.74, 6) is -2.08. The van der Waals surface area contributed by atoms with Crippen molar-refractivity contribution in [2.45, 2.75) is 12.8 Å². The Kier molecular flexibility index (Phi) is 7.97. The maximum atomic E-state index is 11.5. The maximum Gasteiger partial charge on any atom is 0.244 e. The fourth-order valence-corrected chi connectivity index (χ4v) is 6.12. The standard InChI is InChI=1S/C12H9Br.C12H7Br.C10N4O2/c2*13-11-7-6-9-5-4-8-2-1-3-10(11)12(8)9;1-13-7-5(3-11)9(15)6(4-12)8(14-2)10(7)16/h1-3,6-7H,4-5H2;1-7H;. The molecule has 198 valence electrons. The lowest BCUT2D eigenvalue weighted by Crippen LogP contribution is -2.20. The van der Waals surface area contributed by atoms with Crippen LogP contribution < -0.4 is 0 Å². The summed E-state index contributed by atoms with van der Waals surface area (Å²) >= 11 is 7.16. The van der Waals surface area contributed by atoms with E-state index in [2.05, 4.69) is 114 Å². The summed E-state index contributed by atoms with van der Waals surface area (Å²) in [6.45, 7) is 13.3. The predicted octanol–water partition coefficient (Wildman–Crippen LogP) is 8.32. The zero-order valence-electron chi connectivity index (χ0n) is 21.7. The Balaban J connectivity index is 0.000000126. The first-order valence-electron chi connectivity index (χ1n) is 12.6. The molecule has 3 aliphatic carbocycles. The lowest BCUT2D eigenvalue weighted by molar-refractivity contribution is -0.115. The molecular formula is C34H16Br2N4O2. The highest BCUT2D eigenvalue weighted by molar-refractivity contribution is 9.11. The van der Waals surface area contributed by atoms with E-state index in [1.807, 2.05) is 0 Å². The number of Topliss-reactive ketones (excluding diaryl/α,β-unsaturated/α-hetero) is 2. The van der Waals surface area contributed by atoms with E-state index < -0.39 is 34.1 Å². The number of ketones is 2. The van der Waals surface area contributed by atoms with Gasteiger partial charge in [-0.15, -0.1) is 0 Å². The summed E-state index contributed by atoms with van der Waals surface area (Å²) in [5.41, 5.74) is 2.92. The number of carbonyl (C=O) groups excluding carboxylic acids is 2. The number of benzene rings is 4. The quantitative estimate of drug-likeness (QED) is 0.122. The van der Waals surface area contributed by atoms with Crippen molar-refractivity contribution >= 4 is 77.1 Å². The molecule has 3 aliphatic rings. The van der Waals surface area contributed by atoms with Crippen molar-refractivity contribution in [1.29, 1.82) is 10.5 Å². The van der Waals surface area contributed by atoms with Crippen LogP contribution in [0.1, 0.15) is 22.3 Å². The van der Waals surface area contributed by atoms with Crippen molar-refractivity contribution < 1.29 is 9.59 Å². The van der Waals surface area contributed by atoms with Crippen LogP contribution in [-0.4, -0.2) is 11.6 Å². The first-order chi connectivity index (χ1) is 20.3. The Hall–Kier alpha value is -5.12. The number of aryl methyl sites for hydroxylation is 2. The second-order valence-corrected chi connectivity index (χ2v) is 11.0. The summed E-state index contributed by atoms with van der Waals surface area (Å²) in [5, 5.41) is 22.8. The van der Waals surface area contributed by atoms with Gasteiger partial charge in [0.25, 0.3) is 0 Å². The molecule has 6 nitrogen and oxygen atoms in total. The molecule has 0 fully saturated rings. The Morgan fingerprint density at radius 2 is 1.14 bits per heavy atom. The molecule has 0 saturated carbocycles. The highest BCUT2D eigenvalue weighted by Crippen LogP contribution is 2.36. The van der Waals surface area contributed by atoms with Crippen molar-refractivity contribution in [3.63, 3.8) is 0 Å². The summed E-state index contributed by atoms with van der Waals surface area (Å²) < 4.78 is 2.40. The predicted molar refractivity (Wildman–Crippen MR) is 168 cm³/mol. The minimum atomic E-state index is -1.04. The van der Waals surface area contributed by atoms with Crippen LogP contribution in [0, 0.1) is 35.8 Å². The van der Waals surface area contributed by atoms with Gasteiger partial charge in [0.15, 0.2) is 11.6 Å². The van der Waals surface area contributed by atoms with Gasteiger partial charge in [-0.2, -0.15) is 10.5 Å². The highest BCUT2D eigenvalue weighted by atomic mass is 79.9. The molecule has 4 aromatic rings. The molecule has 0 aromatic heterocycles. The molecule has 0 heterocycles. The average Bonchev–Trinajstić information content (AvgIpc) is 3.64. The summed E-state index contributed by atoms with van der Waals surface area (Å²) in [7, 11) is 0. The molecule has 42 heavy (non-hydrogen) atoms. The van der Waals surface area contributed by atoms with Gasteiger partial charge in [0.2, 0.25) is 11.4 Å². The van der Waals surface area contributed by atoms with Crippen LogP contribution in [0.4, 0.5) is 0 Å². The van der Waals surface area contributed by atoms with E-state index in [0.717, 1.165) is 0 Å². The van der Waals surface area contributed by atoms with E-state index in [4.69, 9.17) is 23.7 Å². The molecule has 0 N–H and O–H groups in total. The number of rotatable bonds is 0. The van der Waals surface area contributed by atoms with Gasteiger partial charge in [0.1, 0.15) is 11.1 Å². The van der Waals surface area contributed by atoms with Crippen molar-refractivity contribution in [3.8, 4) is 12.1 Å². The van der Waals surface area contributed by atoms with Gasteiger partial charge in [0.05, 0.1) is 25.3 Å². The molecule has 0 saturated heterocycles. The van der Waals surface area contributed by atoms with Gasteiger partial charge >= 0.3 is 0 Å². The number of halogens is 2. The second-order valence-electron chi connectivity index (χ2n) is 9.34. The van der Waals surface area contributed by atoms with Crippen LogP contribution in [0.3, 0.4) is 0 Å². The van der Waals surface area contributed by atoms with Gasteiger partial charge in [-0.1, -0.05) is 92.5 Å². The SMILES string of the molecule is Brc1ccc2c3c(cccc13)C=C2.Brc1ccc2c3c(cccc13)CC2.[C-]#[N+]C1=C(C#N)C(=O)C(C#N)=C([N+]#[C-])C1=O. The second kappa shape index (κ2) is 11.8. The summed E-state index contributed by atoms with van der Waals surface area (Å²) in [4.78, 5) is 28.4. The highest BCUT2D eigenvalue weighted by Gasteiger charge is 2.35. The van der Waals surface area contributed by atoms with Crippen LogP contribution >= 0.6 is 31.9 Å². The molecule has 8 heteroatoms. The van der Waals surface area contributed by atoms with Crippen LogP contribution in [-0.2, 0) is 22.4 Å². The van der Waals surface area contributed by atoms with Gasteiger partial charge < -0.3 is 4.79 Å². The van der Waals surface area contributed by atoms with E-state index in [1.54, 1.807) is 0 Å². The maximum absolute atomic E-state index is 11.5. The van der Waals surface area contributed by atoms with Crippen molar-refractivity contribution in [1.82, 2.24) is 0 Å². The van der Waals surface area contributed by atoms with Gasteiger partial charge in [0, 0.05) is 8.95 Å². The van der Waals surface area contributed by atoms with Gasteiger partial charge in [-0.3, -0.25) is 4.79 Å². The van der Waals surface area contributed by atoms with E-state index >= 15 is 0 Å². The normalized spacial score (nSPS) is 14.0. The van der Waals surface area contributed by atoms with Crippen LogP contribution in [0.2, 0.25) is 0 Å². The molecule has 0 spiro atoms. The number of hydrogen-bond donors (Lipinski definition) is 0. The first-order valence-corrected chi connectivity index (χ1v) is 14.1. The summed E-state index contributed by atoms with van der Waals surface area (Å²) in [6, 6.07) is 24.5. The van der Waals surface area contributed by atoms with Crippen LogP contribution in [0.5, 0.6) is 0 Å². The number of nitriles is 2. The van der Waals surface area contributed by atoms with Crippen molar-refractivity contribution in [2.75, 3.05) is 0 Å². The third-order valence-electron chi connectivity index (χ3n) is 7.12. The first kappa shape index (κ1) is 28.4. The number of nitrogens with zero attached hydrogens (tertiary/aromatic N) is 4. The minimum Gasteiger partial charge on any atom is -0.316 e. The largest absolute Gasteiger partial charge is 0.316 e. The third-order valence-corrected chi connectivity index (χ3v) is 8.51. The topological polar surface area (TPSA) is 90.4 Å². The third kappa shape index (κ3) is 4.85. The fourth-order valence-electron chi connectivity index (χ4n) is 5.20. The van der Waals surface area contributed by atoms with E-state index in [-0.39, 0.29) is 0 Å². The van der Waals surface area contributed by atoms with E-state index in [9.17, 15) is 9.59 Å². The Morgan fingerprint density at radius 1 is 0.643 bits per heavy atom. The minimum absolute atomic E-state index is 0.677. The Bertz CT molecular complexity index is 1990. The number of allylic oxidation sites excluding steroid dienone is 2. The monoisotopic (exact) mass is 670 g/mol. The Morgan fingerprint density at radius 3 is 1.71 bits per heavy atom. The number of hydrogen-bond acceptors (Lipinski definition) is 4. The van der Waals surface area contributed by atoms with Crippen LogP contribution in [0.15, 0.2) is 92.1 Å². The zero-order chi connectivity index (χ0) is 30.0. The van der Waals surface area contributed by atoms with E-state index in [1.165, 1.54) is 77.7 Å². The van der Waals surface area contributed by atoms with Crippen LogP contribution in [0.25, 0.3) is 43.4 Å². The zero-order valence-corrected chi connectivity index (χ0v) is 24.9. The van der Waals surface area contributed by atoms with E-state index in [0.29, 0.717) is 0 Å². The summed E-state index contributed by atoms with van der Waals surface area (Å²) in [6.07, 6.45) is 6.76.